The summed E-state index contributed by atoms with van der Waals surface area (Å²) in [7, 11) is 0. The second-order valence-electron chi connectivity index (χ2n) is 3.29. The van der Waals surface area contributed by atoms with Crippen LogP contribution in [-0.4, -0.2) is 6.29 Å². The molecule has 76 valence electrons. The van der Waals surface area contributed by atoms with Crippen molar-refractivity contribution in [3.63, 3.8) is 0 Å². The van der Waals surface area contributed by atoms with Crippen molar-refractivity contribution in [1.29, 1.82) is 0 Å². The van der Waals surface area contributed by atoms with E-state index < -0.39 is 0 Å². The summed E-state index contributed by atoms with van der Waals surface area (Å²) in [5, 5.41) is 2.69. The summed E-state index contributed by atoms with van der Waals surface area (Å²) in [6.07, 6.45) is 0.852. The van der Waals surface area contributed by atoms with Crippen molar-refractivity contribution in [2.24, 2.45) is 0 Å². The molecule has 0 radical (unpaired) electrons. The van der Waals surface area contributed by atoms with Crippen LogP contribution in [0.2, 0.25) is 5.02 Å². The fraction of sp³-hybridized carbons (Fsp3) is 0.0833. The lowest BCUT2D eigenvalue weighted by Gasteiger charge is -2.04. The quantitative estimate of drug-likeness (QED) is 0.715. The average molecular weight is 237 g/mol. The molecule has 0 saturated carbocycles. The highest BCUT2D eigenvalue weighted by atomic mass is 35.5. The van der Waals surface area contributed by atoms with Gasteiger partial charge in [-0.05, 0) is 35.6 Å². The summed E-state index contributed by atoms with van der Waals surface area (Å²) < 4.78 is 0. The van der Waals surface area contributed by atoms with E-state index in [2.05, 4.69) is 0 Å². The van der Waals surface area contributed by atoms with Crippen LogP contribution in [-0.2, 0) is 0 Å². The molecular weight excluding hydrogens is 228 g/mol. The number of hydrogen-bond acceptors (Lipinski definition) is 2. The first kappa shape index (κ1) is 10.4. The number of carbonyl (C=O) groups is 1. The Kier molecular flexibility index (Phi) is 2.89. The summed E-state index contributed by atoms with van der Waals surface area (Å²) in [5.41, 5.74) is 2.85. The summed E-state index contributed by atoms with van der Waals surface area (Å²) in [5.74, 6) is 0. The Morgan fingerprint density at radius 1 is 1.33 bits per heavy atom. The van der Waals surface area contributed by atoms with Gasteiger partial charge in [-0.15, -0.1) is 11.3 Å². The Balaban J connectivity index is 2.61. The van der Waals surface area contributed by atoms with Gasteiger partial charge in [-0.3, -0.25) is 4.79 Å². The highest BCUT2D eigenvalue weighted by Crippen LogP contribution is 2.35. The second-order valence-corrected chi connectivity index (χ2v) is 4.61. The van der Waals surface area contributed by atoms with E-state index in [9.17, 15) is 4.79 Å². The molecule has 2 rings (SSSR count). The molecular formula is C12H9ClOS. The van der Waals surface area contributed by atoms with E-state index in [0.717, 1.165) is 27.3 Å². The largest absolute Gasteiger partial charge is 0.298 e. The molecule has 15 heavy (non-hydrogen) atoms. The van der Waals surface area contributed by atoms with E-state index in [1.54, 1.807) is 11.3 Å². The molecule has 0 N–H and O–H groups in total. The van der Waals surface area contributed by atoms with Crippen LogP contribution >= 0.6 is 22.9 Å². The van der Waals surface area contributed by atoms with Gasteiger partial charge in [-0.1, -0.05) is 23.7 Å². The van der Waals surface area contributed by atoms with Crippen LogP contribution in [0.5, 0.6) is 0 Å². The zero-order valence-corrected chi connectivity index (χ0v) is 9.73. The molecule has 3 heteroatoms. The number of halogens is 1. The number of aryl methyl sites for hydroxylation is 1. The standard InChI is InChI=1S/C12H9ClOS/c1-8-2-3-9(7-14)6-10(8)12-11(13)4-5-15-12/h2-7H,1H3. The van der Waals surface area contributed by atoms with Gasteiger partial charge >= 0.3 is 0 Å². The third-order valence-corrected chi connectivity index (χ3v) is 3.63. The molecule has 1 aromatic carbocycles. The van der Waals surface area contributed by atoms with Crippen LogP contribution < -0.4 is 0 Å². The highest BCUT2D eigenvalue weighted by Gasteiger charge is 2.08. The SMILES string of the molecule is Cc1ccc(C=O)cc1-c1sccc1Cl. The fourth-order valence-electron chi connectivity index (χ4n) is 1.44. The number of hydrogen-bond donors (Lipinski definition) is 0. The molecule has 1 nitrogen and oxygen atoms in total. The molecule has 0 amide bonds. The summed E-state index contributed by atoms with van der Waals surface area (Å²) in [4.78, 5) is 11.7. The van der Waals surface area contributed by atoms with Crippen molar-refractivity contribution in [3.05, 3.63) is 45.8 Å². The van der Waals surface area contributed by atoms with Crippen LogP contribution in [0.3, 0.4) is 0 Å². The Hall–Kier alpha value is -1.12. The normalized spacial score (nSPS) is 10.3. The van der Waals surface area contributed by atoms with Gasteiger partial charge in [-0.2, -0.15) is 0 Å². The fourth-order valence-corrected chi connectivity index (χ4v) is 2.68. The lowest BCUT2D eigenvalue weighted by Crippen LogP contribution is -1.85. The van der Waals surface area contributed by atoms with E-state index in [1.807, 2.05) is 36.6 Å². The van der Waals surface area contributed by atoms with Gasteiger partial charge in [0.15, 0.2) is 0 Å². The zero-order valence-electron chi connectivity index (χ0n) is 8.16. The minimum absolute atomic E-state index is 0.681. The molecule has 0 aliphatic rings. The van der Waals surface area contributed by atoms with Gasteiger partial charge in [0.2, 0.25) is 0 Å². The number of aldehydes is 1. The van der Waals surface area contributed by atoms with E-state index >= 15 is 0 Å². The summed E-state index contributed by atoms with van der Waals surface area (Å²) in [6, 6.07) is 7.50. The van der Waals surface area contributed by atoms with Gasteiger partial charge in [0.25, 0.3) is 0 Å². The molecule has 0 bridgehead atoms. The minimum Gasteiger partial charge on any atom is -0.298 e. The van der Waals surface area contributed by atoms with E-state index in [1.165, 1.54) is 0 Å². The van der Waals surface area contributed by atoms with Crippen LogP contribution in [0.4, 0.5) is 0 Å². The predicted octanol–water partition coefficient (Wildman–Crippen LogP) is 4.19. The molecule has 0 spiro atoms. The lowest BCUT2D eigenvalue weighted by molar-refractivity contribution is 0.112. The van der Waals surface area contributed by atoms with E-state index in [-0.39, 0.29) is 0 Å². The van der Waals surface area contributed by atoms with Gasteiger partial charge < -0.3 is 0 Å². The molecule has 1 aromatic heterocycles. The first-order valence-corrected chi connectivity index (χ1v) is 5.77. The van der Waals surface area contributed by atoms with Crippen LogP contribution in [0.25, 0.3) is 10.4 Å². The molecule has 1 heterocycles. The van der Waals surface area contributed by atoms with Gasteiger partial charge in [0.05, 0.1) is 9.90 Å². The van der Waals surface area contributed by atoms with Gasteiger partial charge in [0.1, 0.15) is 6.29 Å². The Morgan fingerprint density at radius 3 is 2.73 bits per heavy atom. The maximum absolute atomic E-state index is 10.7. The predicted molar refractivity (Wildman–Crippen MR) is 64.9 cm³/mol. The molecule has 0 fully saturated rings. The van der Waals surface area contributed by atoms with Crippen molar-refractivity contribution < 1.29 is 4.79 Å². The first-order valence-electron chi connectivity index (χ1n) is 4.51. The molecule has 0 unspecified atom stereocenters. The smallest absolute Gasteiger partial charge is 0.150 e. The van der Waals surface area contributed by atoms with Crippen molar-refractivity contribution >= 4 is 29.2 Å². The maximum atomic E-state index is 10.7. The summed E-state index contributed by atoms with van der Waals surface area (Å²) in [6.45, 7) is 2.01. The maximum Gasteiger partial charge on any atom is 0.150 e. The molecule has 2 aromatic rings. The van der Waals surface area contributed by atoms with Crippen LogP contribution in [0, 0.1) is 6.92 Å². The Labute approximate surface area is 97.3 Å². The highest BCUT2D eigenvalue weighted by molar-refractivity contribution is 7.14. The monoisotopic (exact) mass is 236 g/mol. The lowest BCUT2D eigenvalue weighted by atomic mass is 10.0. The zero-order chi connectivity index (χ0) is 10.8. The van der Waals surface area contributed by atoms with E-state index in [4.69, 9.17) is 11.6 Å². The average Bonchev–Trinajstić information content (AvgIpc) is 2.65. The molecule has 0 saturated heterocycles. The van der Waals surface area contributed by atoms with Gasteiger partial charge in [0, 0.05) is 5.56 Å². The van der Waals surface area contributed by atoms with Crippen LogP contribution in [0.1, 0.15) is 15.9 Å². The third-order valence-electron chi connectivity index (χ3n) is 2.26. The van der Waals surface area contributed by atoms with Crippen molar-refractivity contribution in [3.8, 4) is 10.4 Å². The topological polar surface area (TPSA) is 17.1 Å². The Bertz CT molecular complexity index is 502. The molecule has 0 aliphatic heterocycles. The number of benzene rings is 1. The molecule has 0 atom stereocenters. The summed E-state index contributed by atoms with van der Waals surface area (Å²) >= 11 is 7.65. The number of rotatable bonds is 2. The van der Waals surface area contributed by atoms with Crippen molar-refractivity contribution in [2.75, 3.05) is 0 Å². The first-order chi connectivity index (χ1) is 7.22. The van der Waals surface area contributed by atoms with Gasteiger partial charge in [-0.25, -0.2) is 0 Å². The number of carbonyl (C=O) groups excluding carboxylic acids is 1. The van der Waals surface area contributed by atoms with E-state index in [0.29, 0.717) is 5.56 Å². The molecule has 0 aliphatic carbocycles. The van der Waals surface area contributed by atoms with Crippen molar-refractivity contribution in [2.45, 2.75) is 6.92 Å². The third kappa shape index (κ3) is 1.96. The number of thiophene rings is 1. The van der Waals surface area contributed by atoms with Crippen molar-refractivity contribution in [1.82, 2.24) is 0 Å². The van der Waals surface area contributed by atoms with Crippen LogP contribution in [0.15, 0.2) is 29.6 Å². The Morgan fingerprint density at radius 2 is 2.13 bits per heavy atom. The second kappa shape index (κ2) is 4.17. The minimum atomic E-state index is 0.681.